The molecule has 0 bridgehead atoms. The van der Waals surface area contributed by atoms with Gasteiger partial charge in [-0.1, -0.05) is 81.4 Å². The molecule has 3 unspecified atom stereocenters. The van der Waals surface area contributed by atoms with E-state index in [-0.39, 0.29) is 19.7 Å². The van der Waals surface area contributed by atoms with Crippen LogP contribution in [0.1, 0.15) is 42.6 Å². The maximum absolute atomic E-state index is 13.7. The van der Waals surface area contributed by atoms with Crippen LogP contribution in [0.15, 0.2) is 84.4 Å². The van der Waals surface area contributed by atoms with Crippen molar-refractivity contribution in [2.24, 2.45) is 5.41 Å². The average Bonchev–Trinajstić information content (AvgIpc) is 3.51. The van der Waals surface area contributed by atoms with E-state index in [9.17, 15) is 19.5 Å². The van der Waals surface area contributed by atoms with Gasteiger partial charge in [0.05, 0.1) is 35.7 Å². The molecule has 2 aromatic carbocycles. The Kier molecular flexibility index (Phi) is 13.2. The summed E-state index contributed by atoms with van der Waals surface area (Å²) >= 11 is 1.46. The summed E-state index contributed by atoms with van der Waals surface area (Å²) in [6.07, 6.45) is -0.594. The average molecular weight is 689 g/mol. The molecule has 0 aliphatic rings. The molecule has 2 heterocycles. The van der Waals surface area contributed by atoms with Crippen molar-refractivity contribution in [2.75, 3.05) is 13.7 Å². The smallest absolute Gasteiger partial charge is 0.407 e. The number of methoxy groups -OCH3 is 1. The number of hydrogen-bond donors (Lipinski definition) is 4. The number of carbonyl (C=O) groups excluding carboxylic acids is 3. The topological polar surface area (TPSA) is 155 Å². The number of aliphatic hydroxyl groups excluding tert-OH is 1. The van der Waals surface area contributed by atoms with Crippen LogP contribution < -0.4 is 16.1 Å². The van der Waals surface area contributed by atoms with E-state index in [0.29, 0.717) is 12.1 Å². The highest BCUT2D eigenvalue weighted by atomic mass is 32.1. The number of aromatic nitrogens is 2. The summed E-state index contributed by atoms with van der Waals surface area (Å²) in [4.78, 5) is 47.6. The van der Waals surface area contributed by atoms with Crippen LogP contribution in [0.2, 0.25) is 0 Å². The highest BCUT2D eigenvalue weighted by molar-refractivity contribution is 7.09. The summed E-state index contributed by atoms with van der Waals surface area (Å²) in [5.74, 6) is -0.499. The zero-order chi connectivity index (χ0) is 35.4. The van der Waals surface area contributed by atoms with Crippen LogP contribution >= 0.6 is 11.3 Å². The van der Waals surface area contributed by atoms with E-state index in [0.717, 1.165) is 27.4 Å². The number of nitrogens with zero attached hydrogens (tertiary/aromatic N) is 3. The molecule has 0 saturated carbocycles. The number of pyridine rings is 1. The summed E-state index contributed by atoms with van der Waals surface area (Å²) in [6, 6.07) is 21.1. The number of alkyl carbamates (subject to hydrolysis) is 2. The van der Waals surface area contributed by atoms with Gasteiger partial charge in [0.15, 0.2) is 0 Å². The van der Waals surface area contributed by atoms with Crippen molar-refractivity contribution in [1.29, 1.82) is 0 Å². The van der Waals surface area contributed by atoms with Crippen LogP contribution in [0.4, 0.5) is 9.59 Å². The van der Waals surface area contributed by atoms with Crippen molar-refractivity contribution in [3.8, 4) is 11.3 Å². The van der Waals surface area contributed by atoms with Gasteiger partial charge in [-0.25, -0.2) is 19.6 Å². The van der Waals surface area contributed by atoms with Crippen molar-refractivity contribution in [3.05, 3.63) is 106 Å². The van der Waals surface area contributed by atoms with Crippen molar-refractivity contribution < 1.29 is 29.0 Å². The minimum atomic E-state index is -1.16. The van der Waals surface area contributed by atoms with Crippen molar-refractivity contribution >= 4 is 29.4 Å². The van der Waals surface area contributed by atoms with Gasteiger partial charge in [0.25, 0.3) is 5.91 Å². The quantitative estimate of drug-likeness (QED) is 0.134. The first-order valence-electron chi connectivity index (χ1n) is 15.9. The second-order valence-electron chi connectivity index (χ2n) is 12.6. The predicted molar refractivity (Wildman–Crippen MR) is 187 cm³/mol. The number of thiazole rings is 1. The molecule has 4 rings (SSSR count). The molecular weight excluding hydrogens is 644 g/mol. The molecule has 13 heteroatoms. The zero-order valence-corrected chi connectivity index (χ0v) is 29.2. The number of hydrogen-bond acceptors (Lipinski definition) is 10. The summed E-state index contributed by atoms with van der Waals surface area (Å²) in [6.45, 7) is 7.44. The molecule has 4 aromatic rings. The number of carbonyl (C=O) groups is 3. The molecule has 0 aliphatic heterocycles. The highest BCUT2D eigenvalue weighted by Gasteiger charge is 2.35. The molecule has 260 valence electrons. The fourth-order valence-electron chi connectivity index (χ4n) is 5.07. The third kappa shape index (κ3) is 11.7. The zero-order valence-electron chi connectivity index (χ0n) is 28.4. The predicted octanol–water partition coefficient (Wildman–Crippen LogP) is 5.02. The van der Waals surface area contributed by atoms with Gasteiger partial charge in [0.2, 0.25) is 0 Å². The standard InChI is InChI=1S/C36H44N6O6S/c1-24-38-28(23-49-24)22-48-35(46)39-30(19-25-11-7-6-8-12-25)31(43)21-42(41-33(44)32(36(2,3)4)40-34(45)47-5)20-26-14-16-27(17-15-26)29-13-9-10-18-37-29/h6-18,23,30-32,43H,19-22H2,1-5H3,(H,39,46)(H,40,45)(H,41,44). The monoisotopic (exact) mass is 688 g/mol. The number of aliphatic hydroxyl groups is 1. The van der Waals surface area contributed by atoms with Gasteiger partial charge < -0.3 is 25.2 Å². The molecule has 0 aliphatic carbocycles. The molecule has 2 aromatic heterocycles. The lowest BCUT2D eigenvalue weighted by molar-refractivity contribution is -0.131. The molecule has 0 saturated heterocycles. The van der Waals surface area contributed by atoms with Crippen molar-refractivity contribution in [3.63, 3.8) is 0 Å². The summed E-state index contributed by atoms with van der Waals surface area (Å²) in [5, 5.41) is 21.4. The Morgan fingerprint density at radius 1 is 0.939 bits per heavy atom. The largest absolute Gasteiger partial charge is 0.453 e. The van der Waals surface area contributed by atoms with E-state index in [1.807, 2.05) is 106 Å². The van der Waals surface area contributed by atoms with Gasteiger partial charge in [-0.05, 0) is 42.0 Å². The Labute approximate surface area is 290 Å². The SMILES string of the molecule is COC(=O)NC(C(=O)NN(Cc1ccc(-c2ccccn2)cc1)CC(O)C(Cc1ccccc1)NC(=O)OCc1csc(C)n1)C(C)(C)C. The van der Waals surface area contributed by atoms with Gasteiger partial charge in [-0.15, -0.1) is 11.3 Å². The fraction of sp³-hybridized carbons (Fsp3) is 0.361. The molecule has 0 fully saturated rings. The van der Waals surface area contributed by atoms with Gasteiger partial charge in [0, 0.05) is 30.2 Å². The normalized spacial score (nSPS) is 13.2. The number of amides is 3. The van der Waals surface area contributed by atoms with Gasteiger partial charge in [0.1, 0.15) is 12.6 Å². The van der Waals surface area contributed by atoms with E-state index < -0.39 is 41.7 Å². The number of rotatable bonds is 14. The maximum Gasteiger partial charge on any atom is 0.407 e. The second-order valence-corrected chi connectivity index (χ2v) is 13.7. The minimum Gasteiger partial charge on any atom is -0.453 e. The van der Waals surface area contributed by atoms with Crippen LogP contribution in [0.5, 0.6) is 0 Å². The molecule has 4 N–H and O–H groups in total. The number of aryl methyl sites for hydroxylation is 1. The van der Waals surface area contributed by atoms with Crippen molar-refractivity contribution in [2.45, 2.75) is 65.5 Å². The summed E-state index contributed by atoms with van der Waals surface area (Å²) in [5.41, 5.74) is 6.33. The van der Waals surface area contributed by atoms with E-state index in [2.05, 4.69) is 26.0 Å². The third-order valence-corrected chi connectivity index (χ3v) is 8.45. The van der Waals surface area contributed by atoms with E-state index in [4.69, 9.17) is 9.47 Å². The Morgan fingerprint density at radius 3 is 2.27 bits per heavy atom. The Morgan fingerprint density at radius 2 is 1.65 bits per heavy atom. The van der Waals surface area contributed by atoms with Crippen LogP contribution in [-0.2, 0) is 33.8 Å². The number of nitrogens with one attached hydrogen (secondary N) is 3. The van der Waals surface area contributed by atoms with Gasteiger partial charge in [-0.3, -0.25) is 15.2 Å². The van der Waals surface area contributed by atoms with Crippen LogP contribution in [0, 0.1) is 12.3 Å². The van der Waals surface area contributed by atoms with E-state index in [1.165, 1.54) is 18.4 Å². The molecule has 3 amide bonds. The number of ether oxygens (including phenoxy) is 2. The lowest BCUT2D eigenvalue weighted by Crippen LogP contribution is -2.59. The summed E-state index contributed by atoms with van der Waals surface area (Å²) < 4.78 is 10.2. The first-order valence-corrected chi connectivity index (χ1v) is 16.8. The van der Waals surface area contributed by atoms with E-state index >= 15 is 0 Å². The Hall–Kier alpha value is -4.85. The number of hydrazine groups is 1. The molecule has 0 radical (unpaired) electrons. The van der Waals surface area contributed by atoms with Crippen LogP contribution in [0.25, 0.3) is 11.3 Å². The van der Waals surface area contributed by atoms with Crippen molar-refractivity contribution in [1.82, 2.24) is 31.0 Å². The van der Waals surface area contributed by atoms with Crippen LogP contribution in [0.3, 0.4) is 0 Å². The molecule has 0 spiro atoms. The first kappa shape index (κ1) is 37.0. The minimum absolute atomic E-state index is 0.0115. The second kappa shape index (κ2) is 17.5. The van der Waals surface area contributed by atoms with E-state index in [1.54, 1.807) is 11.2 Å². The van der Waals surface area contributed by atoms with Gasteiger partial charge in [-0.2, -0.15) is 0 Å². The van der Waals surface area contributed by atoms with Gasteiger partial charge >= 0.3 is 12.2 Å². The first-order chi connectivity index (χ1) is 23.4. The third-order valence-electron chi connectivity index (χ3n) is 7.62. The highest BCUT2D eigenvalue weighted by Crippen LogP contribution is 2.21. The summed E-state index contributed by atoms with van der Waals surface area (Å²) in [7, 11) is 1.23. The Balaban J connectivity index is 1.56. The molecular formula is C36H44N6O6S. The lowest BCUT2D eigenvalue weighted by atomic mass is 9.86. The number of benzene rings is 2. The van der Waals surface area contributed by atoms with Crippen LogP contribution in [-0.4, -0.2) is 70.0 Å². The maximum atomic E-state index is 13.7. The Bertz CT molecular complexity index is 1650. The molecule has 12 nitrogen and oxygen atoms in total. The molecule has 49 heavy (non-hydrogen) atoms. The molecule has 3 atom stereocenters. The fourth-order valence-corrected chi connectivity index (χ4v) is 5.67. The lowest BCUT2D eigenvalue weighted by Gasteiger charge is -2.34.